The molecule has 2 atom stereocenters. The van der Waals surface area contributed by atoms with Crippen LogP contribution >= 0.6 is 0 Å². The van der Waals surface area contributed by atoms with Gasteiger partial charge in [-0.25, -0.2) is 0 Å². The summed E-state index contributed by atoms with van der Waals surface area (Å²) < 4.78 is 5.44. The first-order valence-electron chi connectivity index (χ1n) is 7.22. The van der Waals surface area contributed by atoms with Crippen molar-refractivity contribution in [2.24, 2.45) is 5.92 Å². The molecule has 1 saturated heterocycles. The first-order valence-corrected chi connectivity index (χ1v) is 7.22. The Kier molecular flexibility index (Phi) is 4.14. The lowest BCUT2D eigenvalue weighted by Gasteiger charge is -2.27. The van der Waals surface area contributed by atoms with E-state index in [4.69, 9.17) is 4.74 Å². The van der Waals surface area contributed by atoms with Gasteiger partial charge < -0.3 is 9.84 Å². The first-order chi connectivity index (χ1) is 9.86. The minimum Gasteiger partial charge on any atom is -0.392 e. The Bertz CT molecular complexity index is 478. The van der Waals surface area contributed by atoms with Crippen molar-refractivity contribution < 1.29 is 9.84 Å². The number of rotatable bonds is 4. The van der Waals surface area contributed by atoms with Crippen molar-refractivity contribution in [3.63, 3.8) is 0 Å². The third-order valence-corrected chi connectivity index (χ3v) is 4.11. The molecule has 0 amide bonds. The fraction of sp³-hybridized carbons (Fsp3) is 0.333. The van der Waals surface area contributed by atoms with Gasteiger partial charge in [-0.2, -0.15) is 0 Å². The van der Waals surface area contributed by atoms with E-state index in [0.29, 0.717) is 6.61 Å². The zero-order valence-electron chi connectivity index (χ0n) is 11.5. The molecule has 2 unspecified atom stereocenters. The molecule has 0 aromatic heterocycles. The maximum atomic E-state index is 10.8. The fourth-order valence-electron chi connectivity index (χ4n) is 3.00. The molecular formula is C18H20O2. The molecule has 1 fully saturated rings. The maximum Gasteiger partial charge on any atom is 0.0700 e. The van der Waals surface area contributed by atoms with Gasteiger partial charge in [0.15, 0.2) is 0 Å². The van der Waals surface area contributed by atoms with Gasteiger partial charge >= 0.3 is 0 Å². The highest BCUT2D eigenvalue weighted by Gasteiger charge is 2.32. The SMILES string of the molecule is OC(C1CCOC1)C(c1ccccc1)c1ccccc1. The van der Waals surface area contributed by atoms with Gasteiger partial charge in [0.1, 0.15) is 0 Å². The number of benzene rings is 2. The standard InChI is InChI=1S/C18H20O2/c19-18(16-11-12-20-13-16)17(14-7-3-1-4-8-14)15-9-5-2-6-10-15/h1-10,16-19H,11-13H2. The quantitative estimate of drug-likeness (QED) is 0.922. The smallest absolute Gasteiger partial charge is 0.0700 e. The second-order valence-corrected chi connectivity index (χ2v) is 5.41. The predicted molar refractivity (Wildman–Crippen MR) is 79.7 cm³/mol. The van der Waals surface area contributed by atoms with Crippen molar-refractivity contribution in [3.05, 3.63) is 71.8 Å². The first kappa shape index (κ1) is 13.3. The van der Waals surface area contributed by atoms with Gasteiger partial charge in [-0.1, -0.05) is 60.7 Å². The van der Waals surface area contributed by atoms with Gasteiger partial charge in [-0.15, -0.1) is 0 Å². The van der Waals surface area contributed by atoms with Gasteiger partial charge in [0.2, 0.25) is 0 Å². The molecule has 0 aliphatic carbocycles. The normalized spacial score (nSPS) is 20.2. The molecule has 1 N–H and O–H groups in total. The van der Waals surface area contributed by atoms with Crippen LogP contribution in [-0.4, -0.2) is 24.4 Å². The van der Waals surface area contributed by atoms with Crippen molar-refractivity contribution in [2.45, 2.75) is 18.4 Å². The summed E-state index contributed by atoms with van der Waals surface area (Å²) in [6.45, 7) is 1.43. The minimum atomic E-state index is -0.401. The summed E-state index contributed by atoms with van der Waals surface area (Å²) in [5.74, 6) is 0.240. The zero-order valence-corrected chi connectivity index (χ0v) is 11.5. The molecule has 1 heterocycles. The largest absolute Gasteiger partial charge is 0.392 e. The summed E-state index contributed by atoms with van der Waals surface area (Å²) in [6.07, 6.45) is 0.541. The van der Waals surface area contributed by atoms with E-state index < -0.39 is 6.10 Å². The van der Waals surface area contributed by atoms with Crippen LogP contribution in [0.4, 0.5) is 0 Å². The van der Waals surface area contributed by atoms with Crippen LogP contribution in [0.3, 0.4) is 0 Å². The van der Waals surface area contributed by atoms with E-state index in [1.165, 1.54) is 0 Å². The summed E-state index contributed by atoms with van der Waals surface area (Å²) in [4.78, 5) is 0. The predicted octanol–water partition coefficient (Wildman–Crippen LogP) is 3.22. The molecule has 0 spiro atoms. The maximum absolute atomic E-state index is 10.8. The average molecular weight is 268 g/mol. The highest BCUT2D eigenvalue weighted by molar-refractivity contribution is 5.34. The molecule has 2 aromatic carbocycles. The van der Waals surface area contributed by atoms with E-state index in [2.05, 4.69) is 24.3 Å². The summed E-state index contributed by atoms with van der Waals surface area (Å²) in [5.41, 5.74) is 2.33. The summed E-state index contributed by atoms with van der Waals surface area (Å²) in [5, 5.41) is 10.8. The molecule has 2 nitrogen and oxygen atoms in total. The molecule has 1 aliphatic heterocycles. The second-order valence-electron chi connectivity index (χ2n) is 5.41. The monoisotopic (exact) mass is 268 g/mol. The highest BCUT2D eigenvalue weighted by atomic mass is 16.5. The molecule has 0 bridgehead atoms. The molecule has 104 valence electrons. The Hall–Kier alpha value is -1.64. The van der Waals surface area contributed by atoms with Crippen LogP contribution in [0.5, 0.6) is 0 Å². The van der Waals surface area contributed by atoms with Crippen LogP contribution < -0.4 is 0 Å². The minimum absolute atomic E-state index is 0.0177. The van der Waals surface area contributed by atoms with Gasteiger partial charge in [-0.05, 0) is 17.5 Å². The molecule has 20 heavy (non-hydrogen) atoms. The zero-order chi connectivity index (χ0) is 13.8. The van der Waals surface area contributed by atoms with Crippen molar-refractivity contribution >= 4 is 0 Å². The lowest BCUT2D eigenvalue weighted by atomic mass is 9.81. The molecular weight excluding hydrogens is 248 g/mol. The molecule has 2 aromatic rings. The summed E-state index contributed by atoms with van der Waals surface area (Å²) in [6, 6.07) is 20.5. The van der Waals surface area contributed by atoms with Crippen molar-refractivity contribution in [2.75, 3.05) is 13.2 Å². The van der Waals surface area contributed by atoms with E-state index in [-0.39, 0.29) is 11.8 Å². The Balaban J connectivity index is 1.95. The fourth-order valence-corrected chi connectivity index (χ4v) is 3.00. The number of ether oxygens (including phenoxy) is 1. The van der Waals surface area contributed by atoms with Crippen molar-refractivity contribution in [3.8, 4) is 0 Å². The van der Waals surface area contributed by atoms with E-state index >= 15 is 0 Å². The van der Waals surface area contributed by atoms with Crippen LogP contribution in [0.2, 0.25) is 0 Å². The van der Waals surface area contributed by atoms with Gasteiger partial charge in [0.05, 0.1) is 12.7 Å². The lowest BCUT2D eigenvalue weighted by molar-refractivity contribution is 0.0788. The third-order valence-electron chi connectivity index (χ3n) is 4.11. The van der Waals surface area contributed by atoms with E-state index in [1.54, 1.807) is 0 Å². The van der Waals surface area contributed by atoms with E-state index in [1.807, 2.05) is 36.4 Å². The highest BCUT2D eigenvalue weighted by Crippen LogP contribution is 2.34. The molecule has 1 aliphatic rings. The third kappa shape index (κ3) is 2.77. The number of aliphatic hydroxyl groups is 1. The molecule has 3 rings (SSSR count). The van der Waals surface area contributed by atoms with Crippen molar-refractivity contribution in [1.82, 2.24) is 0 Å². The lowest BCUT2D eigenvalue weighted by Crippen LogP contribution is -2.29. The van der Waals surface area contributed by atoms with Gasteiger partial charge in [0.25, 0.3) is 0 Å². The molecule has 0 saturated carbocycles. The van der Waals surface area contributed by atoms with Gasteiger partial charge in [-0.3, -0.25) is 0 Å². The van der Waals surface area contributed by atoms with E-state index in [9.17, 15) is 5.11 Å². The summed E-state index contributed by atoms with van der Waals surface area (Å²) >= 11 is 0. The summed E-state index contributed by atoms with van der Waals surface area (Å²) in [7, 11) is 0. The number of hydrogen-bond donors (Lipinski definition) is 1. The Morgan fingerprint density at radius 3 is 1.90 bits per heavy atom. The molecule has 0 radical (unpaired) electrons. The number of aliphatic hydroxyl groups excluding tert-OH is 1. The van der Waals surface area contributed by atoms with Gasteiger partial charge in [0, 0.05) is 18.4 Å². The van der Waals surface area contributed by atoms with Crippen molar-refractivity contribution in [1.29, 1.82) is 0 Å². The Labute approximate surface area is 120 Å². The Morgan fingerprint density at radius 1 is 0.900 bits per heavy atom. The average Bonchev–Trinajstić information content (AvgIpc) is 3.04. The Morgan fingerprint density at radius 2 is 1.45 bits per heavy atom. The van der Waals surface area contributed by atoms with Crippen LogP contribution in [-0.2, 0) is 4.74 Å². The van der Waals surface area contributed by atoms with E-state index in [0.717, 1.165) is 24.2 Å². The number of hydrogen-bond acceptors (Lipinski definition) is 2. The molecule has 2 heteroatoms. The van der Waals surface area contributed by atoms with Crippen LogP contribution in [0.25, 0.3) is 0 Å². The second kappa shape index (κ2) is 6.21. The van der Waals surface area contributed by atoms with Crippen LogP contribution in [0, 0.1) is 5.92 Å². The topological polar surface area (TPSA) is 29.5 Å². The van der Waals surface area contributed by atoms with Crippen LogP contribution in [0.1, 0.15) is 23.5 Å². The van der Waals surface area contributed by atoms with Crippen LogP contribution in [0.15, 0.2) is 60.7 Å².